The van der Waals surface area contributed by atoms with Gasteiger partial charge in [-0.2, -0.15) is 0 Å². The Hall–Kier alpha value is -0.780. The highest BCUT2D eigenvalue weighted by Crippen LogP contribution is 2.25. The van der Waals surface area contributed by atoms with E-state index in [2.05, 4.69) is 39.0 Å². The summed E-state index contributed by atoms with van der Waals surface area (Å²) in [6, 6.07) is 7.49. The Morgan fingerprint density at radius 2 is 0.306 bits per heavy atom. The molecule has 0 heteroatoms. The lowest BCUT2D eigenvalue weighted by Gasteiger charge is -2.16. The van der Waals surface area contributed by atoms with Crippen molar-refractivity contribution in [2.24, 2.45) is 0 Å². The molecule has 0 radical (unpaired) electrons. The van der Waals surface area contributed by atoms with Crippen molar-refractivity contribution in [3.05, 3.63) is 34.9 Å². The van der Waals surface area contributed by atoms with Gasteiger partial charge in [0.05, 0.1) is 0 Å². The number of rotatable bonds is 63. The van der Waals surface area contributed by atoms with E-state index in [-0.39, 0.29) is 0 Å². The Labute approximate surface area is 458 Å². The van der Waals surface area contributed by atoms with Crippen LogP contribution in [-0.4, -0.2) is 0 Å². The first-order valence-electron chi connectivity index (χ1n) is 34.9. The van der Waals surface area contributed by atoms with E-state index in [4.69, 9.17) is 0 Å². The highest BCUT2D eigenvalue weighted by molar-refractivity contribution is 5.36. The molecule has 0 nitrogen and oxygen atoms in total. The normalized spacial score (nSPS) is 11.7. The third-order valence-corrected chi connectivity index (χ3v) is 17.2. The van der Waals surface area contributed by atoms with Gasteiger partial charge in [0.25, 0.3) is 0 Å². The molecule has 0 aliphatic rings. The smallest absolute Gasteiger partial charge is 0.0273 e. The van der Waals surface area contributed by atoms with Crippen LogP contribution < -0.4 is 0 Å². The minimum Gasteiger partial charge on any atom is -0.0654 e. The zero-order valence-corrected chi connectivity index (χ0v) is 50.8. The maximum absolute atomic E-state index is 2.53. The van der Waals surface area contributed by atoms with Crippen molar-refractivity contribution in [1.29, 1.82) is 0 Å². The van der Waals surface area contributed by atoms with Crippen LogP contribution in [-0.2, 0) is 19.3 Å². The van der Waals surface area contributed by atoms with E-state index in [1.165, 1.54) is 405 Å². The predicted molar refractivity (Wildman–Crippen MR) is 332 cm³/mol. The van der Waals surface area contributed by atoms with Crippen molar-refractivity contribution >= 4 is 0 Å². The first-order valence-corrected chi connectivity index (χ1v) is 34.9. The Morgan fingerprint density at radius 3 is 0.472 bits per heavy atom. The predicted octanol–water partition coefficient (Wildman–Crippen LogP) is 26.8. The molecule has 0 N–H and O–H groups in total. The molecule has 0 amide bonds. The number of hydrogen-bond acceptors (Lipinski definition) is 0. The molecular formula is C72H138. The number of benzene rings is 1. The van der Waals surface area contributed by atoms with Gasteiger partial charge < -0.3 is 0 Å². The summed E-state index contributed by atoms with van der Waals surface area (Å²) in [6.07, 6.45) is 91.8. The van der Waals surface area contributed by atoms with Crippen LogP contribution in [0, 0.1) is 0 Å². The van der Waals surface area contributed by atoms with Crippen molar-refractivity contribution in [3.8, 4) is 0 Å². The summed E-state index contributed by atoms with van der Waals surface area (Å²) in [5, 5.41) is 0. The van der Waals surface area contributed by atoms with Gasteiger partial charge >= 0.3 is 0 Å². The molecule has 0 aliphatic carbocycles. The summed E-state index contributed by atoms with van der Waals surface area (Å²) in [6.45, 7) is 6.96. The molecule has 0 aliphatic heterocycles. The third-order valence-electron chi connectivity index (χ3n) is 17.2. The van der Waals surface area contributed by atoms with E-state index >= 15 is 0 Å². The molecule has 1 aromatic carbocycles. The fraction of sp³-hybridized carbons (Fsp3) is 0.917. The molecule has 0 unspecified atom stereocenters. The van der Waals surface area contributed by atoms with E-state index in [1.807, 2.05) is 0 Å². The topological polar surface area (TPSA) is 0 Å². The van der Waals surface area contributed by atoms with E-state index in [0.717, 1.165) is 0 Å². The molecule has 0 saturated carbocycles. The molecule has 1 aromatic rings. The Kier molecular flexibility index (Phi) is 58.7. The van der Waals surface area contributed by atoms with Gasteiger partial charge in [0, 0.05) is 0 Å². The summed E-state index contributed by atoms with van der Waals surface area (Å²) in [5.41, 5.74) is 5.23. The van der Waals surface area contributed by atoms with Crippen LogP contribution in [0.15, 0.2) is 18.2 Å². The Balaban J connectivity index is 2.26. The molecule has 426 valence electrons. The Morgan fingerprint density at radius 1 is 0.167 bits per heavy atom. The summed E-state index contributed by atoms with van der Waals surface area (Å²) in [5.74, 6) is 0. The fourth-order valence-corrected chi connectivity index (χ4v) is 12.2. The quantitative estimate of drug-likeness (QED) is 0.0571. The Bertz CT molecular complexity index is 1050. The molecule has 0 fully saturated rings. The van der Waals surface area contributed by atoms with Crippen molar-refractivity contribution in [3.63, 3.8) is 0 Å². The monoisotopic (exact) mass is 1000 g/mol. The zero-order chi connectivity index (χ0) is 51.4. The summed E-state index contributed by atoms with van der Waals surface area (Å²) < 4.78 is 0. The number of hydrogen-bond donors (Lipinski definition) is 0. The largest absolute Gasteiger partial charge is 0.0654 e. The molecule has 0 atom stereocenters. The van der Waals surface area contributed by atoms with Crippen LogP contribution in [0.2, 0.25) is 0 Å². The SMILES string of the molecule is CCCCCCCCCCCCCCCCCCCCCCc1cccc(CCCCCCCCCCCCCCCCCCCCCC)c1CCCCCCCCCCCCCCCCCCCCCC. The lowest BCUT2D eigenvalue weighted by molar-refractivity contribution is 0.520. The first-order chi connectivity index (χ1) is 35.8. The molecule has 0 aromatic heterocycles. The maximum atomic E-state index is 2.53. The van der Waals surface area contributed by atoms with Crippen molar-refractivity contribution < 1.29 is 0 Å². The van der Waals surface area contributed by atoms with Crippen LogP contribution in [0.3, 0.4) is 0 Å². The second kappa shape index (κ2) is 61.1. The maximum Gasteiger partial charge on any atom is -0.0273 e. The molecule has 0 saturated heterocycles. The van der Waals surface area contributed by atoms with E-state index in [0.29, 0.717) is 0 Å². The van der Waals surface area contributed by atoms with Crippen LogP contribution in [0.25, 0.3) is 0 Å². The summed E-state index contributed by atoms with van der Waals surface area (Å²) in [4.78, 5) is 0. The molecule has 0 spiro atoms. The van der Waals surface area contributed by atoms with Gasteiger partial charge in [-0.3, -0.25) is 0 Å². The first kappa shape index (κ1) is 69.2. The second-order valence-electron chi connectivity index (χ2n) is 24.5. The van der Waals surface area contributed by atoms with Crippen LogP contribution in [0.4, 0.5) is 0 Å². The number of unbranched alkanes of at least 4 members (excludes halogenated alkanes) is 57. The van der Waals surface area contributed by atoms with E-state index in [1.54, 1.807) is 16.7 Å². The summed E-state index contributed by atoms with van der Waals surface area (Å²) in [7, 11) is 0. The van der Waals surface area contributed by atoms with Gasteiger partial charge in [-0.25, -0.2) is 0 Å². The minimum atomic E-state index is 1.32. The van der Waals surface area contributed by atoms with Crippen molar-refractivity contribution in [1.82, 2.24) is 0 Å². The van der Waals surface area contributed by atoms with Gasteiger partial charge in [0.15, 0.2) is 0 Å². The lowest BCUT2D eigenvalue weighted by Crippen LogP contribution is -2.02. The van der Waals surface area contributed by atoms with Gasteiger partial charge in [-0.15, -0.1) is 0 Å². The van der Waals surface area contributed by atoms with Crippen LogP contribution in [0.5, 0.6) is 0 Å². The lowest BCUT2D eigenvalue weighted by atomic mass is 9.90. The van der Waals surface area contributed by atoms with Gasteiger partial charge in [-0.1, -0.05) is 405 Å². The van der Waals surface area contributed by atoms with Crippen LogP contribution >= 0.6 is 0 Å². The van der Waals surface area contributed by atoms with Crippen molar-refractivity contribution in [2.75, 3.05) is 0 Å². The van der Waals surface area contributed by atoms with E-state index < -0.39 is 0 Å². The van der Waals surface area contributed by atoms with E-state index in [9.17, 15) is 0 Å². The third kappa shape index (κ3) is 51.3. The molecule has 1 rings (SSSR count). The standard InChI is InChI=1S/C72H138/c1-4-7-10-13-16-19-22-25-28-31-34-37-40-43-46-49-52-55-58-61-65-70-67-64-68-71(66-62-59-56-53-50-47-44-41-38-35-32-29-26-23-20-17-14-11-8-5-2)72(70)69-63-60-57-54-51-48-45-42-39-36-33-30-27-24-21-18-15-12-9-6-3/h64,67-68H,4-63,65-66,69H2,1-3H3. The highest BCUT2D eigenvalue weighted by Gasteiger charge is 2.10. The second-order valence-corrected chi connectivity index (χ2v) is 24.5. The zero-order valence-electron chi connectivity index (χ0n) is 50.8. The summed E-state index contributed by atoms with van der Waals surface area (Å²) >= 11 is 0. The molecule has 0 heterocycles. The minimum absolute atomic E-state index is 1.32. The molecular weight excluding hydrogens is 865 g/mol. The van der Waals surface area contributed by atoms with Gasteiger partial charge in [-0.05, 0) is 55.2 Å². The highest BCUT2D eigenvalue weighted by atomic mass is 14.2. The fourth-order valence-electron chi connectivity index (χ4n) is 12.2. The van der Waals surface area contributed by atoms with Crippen molar-refractivity contribution in [2.45, 2.75) is 425 Å². The van der Waals surface area contributed by atoms with Gasteiger partial charge in [0.2, 0.25) is 0 Å². The average molecular weight is 1000 g/mol. The molecule has 0 bridgehead atoms. The average Bonchev–Trinajstić information content (AvgIpc) is 3.39. The number of aryl methyl sites for hydroxylation is 2. The van der Waals surface area contributed by atoms with Crippen LogP contribution in [0.1, 0.15) is 423 Å². The molecule has 72 heavy (non-hydrogen) atoms. The van der Waals surface area contributed by atoms with Gasteiger partial charge in [0.1, 0.15) is 0 Å².